The molecule has 4 rings (SSSR count). The fraction of sp³-hybridized carbons (Fsp3) is 0.455. The zero-order chi connectivity index (χ0) is 33.8. The summed E-state index contributed by atoms with van der Waals surface area (Å²) >= 11 is 12.8. The smallest absolute Gasteiger partial charge is 0.409 e. The number of aromatic nitrogens is 1. The Bertz CT molecular complexity index is 1630. The summed E-state index contributed by atoms with van der Waals surface area (Å²) in [5.74, 6) is -2.80. The number of carbonyl (C=O) groups is 4. The van der Waals surface area contributed by atoms with E-state index in [1.54, 1.807) is 25.1 Å². The first-order chi connectivity index (χ1) is 21.8. The number of halogens is 3. The van der Waals surface area contributed by atoms with Gasteiger partial charge in [0.15, 0.2) is 5.72 Å². The van der Waals surface area contributed by atoms with Crippen LogP contribution >= 0.6 is 23.2 Å². The molecule has 248 valence electrons. The van der Waals surface area contributed by atoms with Gasteiger partial charge in [-0.3, -0.25) is 14.4 Å². The fourth-order valence-electron chi connectivity index (χ4n) is 5.79. The lowest BCUT2D eigenvalue weighted by atomic mass is 9.87. The minimum atomic E-state index is -1.57. The molecule has 0 saturated carbocycles. The van der Waals surface area contributed by atoms with Gasteiger partial charge in [-0.15, -0.1) is 0 Å². The van der Waals surface area contributed by atoms with Crippen molar-refractivity contribution in [2.24, 2.45) is 17.6 Å². The highest BCUT2D eigenvalue weighted by Gasteiger charge is 2.44. The summed E-state index contributed by atoms with van der Waals surface area (Å²) in [7, 11) is 0. The van der Waals surface area contributed by atoms with Crippen LogP contribution in [0.3, 0.4) is 0 Å². The quantitative estimate of drug-likeness (QED) is 0.165. The van der Waals surface area contributed by atoms with Gasteiger partial charge in [0.25, 0.3) is 0 Å². The largest absolute Gasteiger partial charge is 0.423 e. The van der Waals surface area contributed by atoms with Crippen LogP contribution in [0.2, 0.25) is 10.0 Å². The third kappa shape index (κ3) is 8.11. The number of primary amides is 1. The van der Waals surface area contributed by atoms with Crippen LogP contribution in [0.4, 0.5) is 9.18 Å². The number of alkyl carbamates (subject to hydrolysis) is 1. The topological polar surface area (TPSA) is 155 Å². The van der Waals surface area contributed by atoms with Gasteiger partial charge in [-0.1, -0.05) is 75.9 Å². The molecule has 13 heteroatoms. The van der Waals surface area contributed by atoms with Crippen LogP contribution in [-0.4, -0.2) is 46.6 Å². The molecule has 2 aromatic carbocycles. The normalized spacial score (nSPS) is 18.5. The molecule has 5 atom stereocenters. The summed E-state index contributed by atoms with van der Waals surface area (Å²) in [4.78, 5) is 55.9. The van der Waals surface area contributed by atoms with Crippen molar-refractivity contribution in [2.45, 2.75) is 84.0 Å². The maximum absolute atomic E-state index is 14.0. The zero-order valence-electron chi connectivity index (χ0n) is 26.3. The van der Waals surface area contributed by atoms with Crippen molar-refractivity contribution in [1.29, 1.82) is 0 Å². The van der Waals surface area contributed by atoms with Crippen LogP contribution in [0.15, 0.2) is 36.4 Å². The second kappa shape index (κ2) is 14.7. The minimum absolute atomic E-state index is 0.0488. The van der Waals surface area contributed by atoms with Crippen LogP contribution in [0, 0.1) is 17.7 Å². The number of hydrogen-bond acceptors (Lipinski definition) is 5. The number of amides is 4. The molecule has 3 aromatic rings. The minimum Gasteiger partial charge on any atom is -0.423 e. The van der Waals surface area contributed by atoms with Crippen molar-refractivity contribution in [1.82, 2.24) is 20.9 Å². The highest BCUT2D eigenvalue weighted by molar-refractivity contribution is 6.38. The fourth-order valence-corrected chi connectivity index (χ4v) is 6.33. The highest BCUT2D eigenvalue weighted by atomic mass is 35.5. The molecule has 0 fully saturated rings. The molecule has 1 aromatic heterocycles. The lowest BCUT2D eigenvalue weighted by Crippen LogP contribution is -2.62. The molecular weight excluding hydrogens is 636 g/mol. The number of ether oxygens (including phenoxy) is 1. The number of carbonyl (C=O) groups excluding carboxylic acids is 4. The van der Waals surface area contributed by atoms with Crippen molar-refractivity contribution in [3.8, 4) is 0 Å². The Hall–Kier alpha value is -3.83. The van der Waals surface area contributed by atoms with Gasteiger partial charge < -0.3 is 31.4 Å². The van der Waals surface area contributed by atoms with Gasteiger partial charge in [0.05, 0.1) is 17.0 Å². The van der Waals surface area contributed by atoms with Crippen LogP contribution in [0.1, 0.15) is 63.8 Å². The van der Waals surface area contributed by atoms with Crippen LogP contribution < -0.4 is 21.7 Å². The molecular formula is C33H40Cl2FN5O5. The molecule has 1 aliphatic rings. The summed E-state index contributed by atoms with van der Waals surface area (Å²) in [6.45, 7) is 7.35. The average molecular weight is 677 g/mol. The molecule has 1 aliphatic carbocycles. The van der Waals surface area contributed by atoms with Crippen LogP contribution in [0.5, 0.6) is 0 Å². The lowest BCUT2D eigenvalue weighted by molar-refractivity contribution is -0.136. The predicted octanol–water partition coefficient (Wildman–Crippen LogP) is 5.31. The Balaban J connectivity index is 1.66. The first-order valence-electron chi connectivity index (χ1n) is 15.4. The molecule has 1 heterocycles. The second-order valence-electron chi connectivity index (χ2n) is 12.1. The van der Waals surface area contributed by atoms with E-state index in [4.69, 9.17) is 33.7 Å². The third-order valence-electron chi connectivity index (χ3n) is 8.76. The van der Waals surface area contributed by atoms with E-state index in [-0.39, 0.29) is 31.1 Å². The monoisotopic (exact) mass is 675 g/mol. The molecule has 10 nitrogen and oxygen atoms in total. The van der Waals surface area contributed by atoms with E-state index >= 15 is 0 Å². The summed E-state index contributed by atoms with van der Waals surface area (Å²) in [5.41, 5.74) is 6.73. The first kappa shape index (κ1) is 35.0. The molecule has 6 N–H and O–H groups in total. The van der Waals surface area contributed by atoms with E-state index in [1.807, 2.05) is 20.8 Å². The Labute approximate surface area is 277 Å². The van der Waals surface area contributed by atoms with Gasteiger partial charge in [0, 0.05) is 28.9 Å². The van der Waals surface area contributed by atoms with Crippen molar-refractivity contribution < 1.29 is 28.3 Å². The first-order valence-corrected chi connectivity index (χ1v) is 16.1. The maximum Gasteiger partial charge on any atom is 0.409 e. The van der Waals surface area contributed by atoms with E-state index in [1.165, 1.54) is 18.2 Å². The number of rotatable bonds is 12. The summed E-state index contributed by atoms with van der Waals surface area (Å²) in [6, 6.07) is 7.05. The number of nitrogens with one attached hydrogen (secondary N) is 4. The molecule has 4 amide bonds. The van der Waals surface area contributed by atoms with Gasteiger partial charge in [0.2, 0.25) is 17.7 Å². The average Bonchev–Trinajstić information content (AvgIpc) is 3.35. The van der Waals surface area contributed by atoms with Crippen molar-refractivity contribution >= 4 is 57.9 Å². The van der Waals surface area contributed by atoms with Gasteiger partial charge in [-0.25, -0.2) is 9.18 Å². The van der Waals surface area contributed by atoms with Crippen molar-refractivity contribution in [3.05, 3.63) is 69.1 Å². The summed E-state index contributed by atoms with van der Waals surface area (Å²) in [6.07, 6.45) is 0.647. The van der Waals surface area contributed by atoms with E-state index in [2.05, 4.69) is 20.9 Å². The Kier molecular flexibility index (Phi) is 11.2. The highest BCUT2D eigenvalue weighted by Crippen LogP contribution is 2.38. The number of aryl methyl sites for hydroxylation is 1. The van der Waals surface area contributed by atoms with Crippen molar-refractivity contribution in [2.75, 3.05) is 0 Å². The second-order valence-corrected chi connectivity index (χ2v) is 12.9. The molecule has 0 saturated heterocycles. The molecule has 0 radical (unpaired) electrons. The predicted molar refractivity (Wildman–Crippen MR) is 175 cm³/mol. The number of H-pyrrole nitrogens is 1. The van der Waals surface area contributed by atoms with E-state index in [0.717, 1.165) is 11.3 Å². The van der Waals surface area contributed by atoms with Gasteiger partial charge in [0.1, 0.15) is 17.9 Å². The molecule has 0 spiro atoms. The standard InChI is InChI=1S/C33H40Cl2FN5O5/c1-5-17(3)27(30(37)43)40-32(45)46-33(11-10-25-23(16-33)22-14-20(34)15-24(35)29(22)38-25)41-31(44)28(18(4)6-2)39-26(42)13-19-8-7-9-21(36)12-19/h7-9,12,14-15,17-18,27-28,38H,5-6,10-11,13,16H2,1-4H3,(H2,37,43)(H,39,42)(H,40,45)(H,41,44). The number of benzene rings is 2. The molecule has 5 unspecified atom stereocenters. The van der Waals surface area contributed by atoms with Gasteiger partial charge >= 0.3 is 6.09 Å². The number of nitrogens with two attached hydrogens (primary N) is 1. The van der Waals surface area contributed by atoms with Crippen LogP contribution in [0.25, 0.3) is 10.9 Å². The zero-order valence-corrected chi connectivity index (χ0v) is 27.8. The Morgan fingerprint density at radius 3 is 2.39 bits per heavy atom. The van der Waals surface area contributed by atoms with Crippen LogP contribution in [-0.2, 0) is 38.4 Å². The van der Waals surface area contributed by atoms with Crippen molar-refractivity contribution in [3.63, 3.8) is 0 Å². The number of aromatic amines is 1. The summed E-state index contributed by atoms with van der Waals surface area (Å²) < 4.78 is 19.7. The molecule has 0 bridgehead atoms. The van der Waals surface area contributed by atoms with E-state index < -0.39 is 47.4 Å². The maximum atomic E-state index is 14.0. The Morgan fingerprint density at radius 2 is 1.74 bits per heavy atom. The Morgan fingerprint density at radius 1 is 1.04 bits per heavy atom. The lowest BCUT2D eigenvalue weighted by Gasteiger charge is -2.39. The SMILES string of the molecule is CCC(C)C(NC(=O)OC1(NC(=O)C(NC(=O)Cc2cccc(F)c2)C(C)CC)CCc2[nH]c3c(Cl)cc(Cl)cc3c2C1)C(N)=O. The number of fused-ring (bicyclic) bond motifs is 3. The van der Waals surface area contributed by atoms with Gasteiger partial charge in [-0.2, -0.15) is 0 Å². The molecule has 46 heavy (non-hydrogen) atoms. The van der Waals surface area contributed by atoms with E-state index in [9.17, 15) is 23.6 Å². The molecule has 0 aliphatic heterocycles. The van der Waals surface area contributed by atoms with Gasteiger partial charge in [-0.05, 0) is 53.6 Å². The van der Waals surface area contributed by atoms with E-state index in [0.29, 0.717) is 45.8 Å². The number of hydrogen-bond donors (Lipinski definition) is 5. The summed E-state index contributed by atoms with van der Waals surface area (Å²) in [5, 5.41) is 9.84. The third-order valence-corrected chi connectivity index (χ3v) is 9.28.